The van der Waals surface area contributed by atoms with Gasteiger partial charge in [0.1, 0.15) is 11.7 Å². The van der Waals surface area contributed by atoms with Crippen molar-refractivity contribution in [1.29, 1.82) is 0 Å². The summed E-state index contributed by atoms with van der Waals surface area (Å²) in [4.78, 5) is 23.6. The molecule has 0 saturated heterocycles. The summed E-state index contributed by atoms with van der Waals surface area (Å²) in [7, 11) is -3.61. The fourth-order valence-corrected chi connectivity index (χ4v) is 4.21. The normalized spacial score (nSPS) is 24.3. The van der Waals surface area contributed by atoms with Gasteiger partial charge in [0, 0.05) is 6.04 Å². The zero-order valence-corrected chi connectivity index (χ0v) is 14.8. The Morgan fingerprint density at radius 2 is 1.88 bits per heavy atom. The molecule has 1 N–H and O–H groups in total. The van der Waals surface area contributed by atoms with Crippen molar-refractivity contribution >= 4 is 22.3 Å². The first-order chi connectivity index (χ1) is 11.3. The van der Waals surface area contributed by atoms with Gasteiger partial charge in [0.2, 0.25) is 10.0 Å². The van der Waals surface area contributed by atoms with Gasteiger partial charge in [0.25, 0.3) is 0 Å². The minimum atomic E-state index is -3.61. The number of hydrogen-bond acceptors (Lipinski definition) is 5. The van der Waals surface area contributed by atoms with Crippen LogP contribution < -0.4 is 4.72 Å². The summed E-state index contributed by atoms with van der Waals surface area (Å²) in [5, 5.41) is 0. The Labute approximate surface area is 142 Å². The number of hydrogen-bond donors (Lipinski definition) is 1. The molecule has 0 atom stereocenters. The van der Waals surface area contributed by atoms with Crippen molar-refractivity contribution in [2.75, 3.05) is 6.61 Å². The molecule has 0 spiro atoms. The number of aryl methyl sites for hydroxylation is 1. The van der Waals surface area contributed by atoms with E-state index in [4.69, 9.17) is 4.74 Å². The lowest BCUT2D eigenvalue weighted by atomic mass is 9.74. The van der Waals surface area contributed by atoms with Crippen molar-refractivity contribution in [3.63, 3.8) is 0 Å². The van der Waals surface area contributed by atoms with E-state index in [0.29, 0.717) is 19.1 Å². The lowest BCUT2D eigenvalue weighted by Crippen LogP contribution is -2.44. The maximum Gasteiger partial charge on any atom is 0.319 e. The quantitative estimate of drug-likeness (QED) is 0.480. The molecule has 0 amide bonds. The molecule has 6 nitrogen and oxygen atoms in total. The van der Waals surface area contributed by atoms with Crippen LogP contribution >= 0.6 is 0 Å². The molecule has 7 heteroatoms. The van der Waals surface area contributed by atoms with Gasteiger partial charge in [-0.15, -0.1) is 0 Å². The summed E-state index contributed by atoms with van der Waals surface area (Å²) in [5.74, 6) is -0.514. The van der Waals surface area contributed by atoms with E-state index in [-0.39, 0.29) is 30.4 Å². The van der Waals surface area contributed by atoms with Crippen molar-refractivity contribution in [3.8, 4) is 0 Å². The summed E-state index contributed by atoms with van der Waals surface area (Å²) in [6.07, 6.45) is 2.06. The molecule has 0 unspecified atom stereocenters. The minimum Gasteiger partial charge on any atom is -0.465 e. The van der Waals surface area contributed by atoms with Crippen LogP contribution in [0.5, 0.6) is 0 Å². The van der Waals surface area contributed by atoms with Crippen LogP contribution in [0, 0.1) is 12.3 Å². The highest BCUT2D eigenvalue weighted by Crippen LogP contribution is 2.36. The molecule has 24 heavy (non-hydrogen) atoms. The van der Waals surface area contributed by atoms with Crippen LogP contribution in [0.25, 0.3) is 0 Å². The molecule has 0 bridgehead atoms. The van der Waals surface area contributed by atoms with Gasteiger partial charge < -0.3 is 9.53 Å². The first-order valence-electron chi connectivity index (χ1n) is 8.05. The Kier molecular flexibility index (Phi) is 5.77. The molecule has 1 aromatic carbocycles. The molecule has 132 valence electrons. The van der Waals surface area contributed by atoms with E-state index >= 15 is 0 Å². The largest absolute Gasteiger partial charge is 0.465 e. The van der Waals surface area contributed by atoms with Gasteiger partial charge in [-0.1, -0.05) is 17.7 Å². The fraction of sp³-hybridized carbons (Fsp3) is 0.529. The highest BCUT2D eigenvalue weighted by Gasteiger charge is 2.43. The van der Waals surface area contributed by atoms with Gasteiger partial charge in [0.15, 0.2) is 0 Å². The smallest absolute Gasteiger partial charge is 0.319 e. The molecular weight excluding hydrogens is 330 g/mol. The van der Waals surface area contributed by atoms with Crippen LogP contribution in [0.2, 0.25) is 0 Å². The molecule has 1 aliphatic rings. The van der Waals surface area contributed by atoms with Crippen LogP contribution in [0.4, 0.5) is 0 Å². The van der Waals surface area contributed by atoms with Crippen molar-refractivity contribution in [3.05, 3.63) is 29.8 Å². The number of esters is 1. The predicted octanol–water partition coefficient (Wildman–Crippen LogP) is 1.96. The highest BCUT2D eigenvalue weighted by atomic mass is 32.2. The number of carbonyl (C=O) groups is 2. The highest BCUT2D eigenvalue weighted by molar-refractivity contribution is 7.89. The topological polar surface area (TPSA) is 89.5 Å². The molecule has 0 radical (unpaired) electrons. The van der Waals surface area contributed by atoms with Gasteiger partial charge in [-0.25, -0.2) is 13.1 Å². The molecule has 0 aromatic heterocycles. The summed E-state index contributed by atoms with van der Waals surface area (Å²) >= 11 is 0. The van der Waals surface area contributed by atoms with E-state index in [2.05, 4.69) is 4.72 Å². The van der Waals surface area contributed by atoms with E-state index in [1.54, 1.807) is 31.2 Å². The molecule has 0 aliphatic heterocycles. The standard InChI is InChI=1S/C17H23NO5S/c1-3-23-16(20)17(12-19)10-8-14(9-11-17)18-24(21,22)15-6-4-13(2)5-7-15/h4-7,12,14,18H,3,8-11H2,1-2H3. The maximum atomic E-state index is 12.4. The molecule has 0 heterocycles. The van der Waals surface area contributed by atoms with E-state index in [1.165, 1.54) is 0 Å². The monoisotopic (exact) mass is 353 g/mol. The number of rotatable bonds is 6. The van der Waals surface area contributed by atoms with Crippen molar-refractivity contribution in [2.45, 2.75) is 50.5 Å². The van der Waals surface area contributed by atoms with Crippen molar-refractivity contribution < 1.29 is 22.7 Å². The first kappa shape index (κ1) is 18.6. The second kappa shape index (κ2) is 7.44. The van der Waals surface area contributed by atoms with Crippen LogP contribution in [0.3, 0.4) is 0 Å². The van der Waals surface area contributed by atoms with E-state index in [1.807, 2.05) is 6.92 Å². The average molecular weight is 353 g/mol. The third-order valence-electron chi connectivity index (χ3n) is 4.44. The maximum absolute atomic E-state index is 12.4. The Morgan fingerprint density at radius 3 is 2.38 bits per heavy atom. The second-order valence-electron chi connectivity index (χ2n) is 6.20. The van der Waals surface area contributed by atoms with Gasteiger partial charge >= 0.3 is 5.97 Å². The Morgan fingerprint density at radius 1 is 1.29 bits per heavy atom. The summed E-state index contributed by atoms with van der Waals surface area (Å²) in [6.45, 7) is 3.80. The molecule has 1 aliphatic carbocycles. The third kappa shape index (κ3) is 4.02. The van der Waals surface area contributed by atoms with Crippen molar-refractivity contribution in [2.24, 2.45) is 5.41 Å². The van der Waals surface area contributed by atoms with Crippen LogP contribution in [0.15, 0.2) is 29.2 Å². The van der Waals surface area contributed by atoms with Crippen LogP contribution in [-0.2, 0) is 24.3 Å². The predicted molar refractivity (Wildman–Crippen MR) is 88.9 cm³/mol. The van der Waals surface area contributed by atoms with E-state index < -0.39 is 21.4 Å². The van der Waals surface area contributed by atoms with Gasteiger partial charge in [-0.2, -0.15) is 0 Å². The lowest BCUT2D eigenvalue weighted by Gasteiger charge is -2.34. The third-order valence-corrected chi connectivity index (χ3v) is 5.97. The zero-order chi connectivity index (χ0) is 17.8. The number of ether oxygens (including phenoxy) is 1. The number of benzene rings is 1. The van der Waals surface area contributed by atoms with Gasteiger partial charge in [0.05, 0.1) is 11.5 Å². The van der Waals surface area contributed by atoms with Crippen LogP contribution in [-0.4, -0.2) is 33.3 Å². The van der Waals surface area contributed by atoms with E-state index in [0.717, 1.165) is 5.56 Å². The Hall–Kier alpha value is -1.73. The molecule has 1 aromatic rings. The lowest BCUT2D eigenvalue weighted by molar-refractivity contribution is -0.159. The van der Waals surface area contributed by atoms with E-state index in [9.17, 15) is 18.0 Å². The van der Waals surface area contributed by atoms with Gasteiger partial charge in [-0.3, -0.25) is 4.79 Å². The Bertz CT molecular complexity index is 688. The summed E-state index contributed by atoms with van der Waals surface area (Å²) in [6, 6.07) is 6.32. The molecular formula is C17H23NO5S. The minimum absolute atomic E-state index is 0.214. The summed E-state index contributed by atoms with van der Waals surface area (Å²) < 4.78 is 32.5. The SMILES string of the molecule is CCOC(=O)C1(C=O)CCC(NS(=O)(=O)c2ccc(C)cc2)CC1. The zero-order valence-electron chi connectivity index (χ0n) is 13.9. The second-order valence-corrected chi connectivity index (χ2v) is 7.92. The van der Waals surface area contributed by atoms with Crippen LogP contribution in [0.1, 0.15) is 38.2 Å². The molecule has 1 saturated carbocycles. The number of carbonyl (C=O) groups excluding carboxylic acids is 2. The number of nitrogens with one attached hydrogen (secondary N) is 1. The number of sulfonamides is 1. The van der Waals surface area contributed by atoms with Crippen molar-refractivity contribution in [1.82, 2.24) is 4.72 Å². The molecule has 2 rings (SSSR count). The average Bonchev–Trinajstić information content (AvgIpc) is 2.56. The first-order valence-corrected chi connectivity index (χ1v) is 9.54. The Balaban J connectivity index is 2.03. The molecule has 1 fully saturated rings. The van der Waals surface area contributed by atoms with Gasteiger partial charge in [-0.05, 0) is 51.7 Å². The number of aldehydes is 1. The fourth-order valence-electron chi connectivity index (χ4n) is 2.90. The summed E-state index contributed by atoms with van der Waals surface area (Å²) in [5.41, 5.74) is -0.154.